The Balaban J connectivity index is 2.44. The van der Waals surface area contributed by atoms with Crippen LogP contribution in [-0.2, 0) is 0 Å². The molecule has 0 bridgehead atoms. The molecular weight excluding hydrogens is 325 g/mol. The molecule has 18 heavy (non-hydrogen) atoms. The van der Waals surface area contributed by atoms with Gasteiger partial charge in [0, 0.05) is 10.6 Å². The molecule has 1 nitrogen and oxygen atoms in total. The average molecular weight is 334 g/mol. The predicted octanol–water partition coefficient (Wildman–Crippen LogP) is 4.46. The van der Waals surface area contributed by atoms with Crippen LogP contribution in [0.25, 0.3) is 0 Å². The first-order chi connectivity index (χ1) is 8.49. The summed E-state index contributed by atoms with van der Waals surface area (Å²) >= 11 is 8.77. The van der Waals surface area contributed by atoms with E-state index in [1.165, 1.54) is 36.4 Å². The van der Waals surface area contributed by atoms with Crippen LogP contribution in [0.3, 0.4) is 0 Å². The first kappa shape index (κ1) is 13.5. The molecular formula is C13H8BrClF2O. The van der Waals surface area contributed by atoms with Gasteiger partial charge in [0.15, 0.2) is 0 Å². The predicted molar refractivity (Wildman–Crippen MR) is 69.6 cm³/mol. The Morgan fingerprint density at radius 2 is 1.72 bits per heavy atom. The molecule has 1 N–H and O–H groups in total. The number of halogens is 4. The Bertz CT molecular complexity index is 589. The third-order valence-corrected chi connectivity index (χ3v) is 3.35. The molecule has 2 rings (SSSR count). The van der Waals surface area contributed by atoms with E-state index in [1.807, 2.05) is 0 Å². The van der Waals surface area contributed by atoms with Gasteiger partial charge in [0.05, 0.1) is 4.47 Å². The van der Waals surface area contributed by atoms with Gasteiger partial charge < -0.3 is 5.11 Å². The second kappa shape index (κ2) is 5.34. The average Bonchev–Trinajstić information content (AvgIpc) is 2.35. The lowest BCUT2D eigenvalue weighted by Gasteiger charge is -2.13. The van der Waals surface area contributed by atoms with Gasteiger partial charge >= 0.3 is 0 Å². The summed E-state index contributed by atoms with van der Waals surface area (Å²) in [4.78, 5) is 0. The lowest BCUT2D eigenvalue weighted by atomic mass is 10.0. The van der Waals surface area contributed by atoms with Gasteiger partial charge in [-0.1, -0.05) is 17.7 Å². The molecule has 0 aliphatic heterocycles. The Hall–Kier alpha value is -0.970. The van der Waals surface area contributed by atoms with E-state index < -0.39 is 17.7 Å². The zero-order valence-corrected chi connectivity index (χ0v) is 11.3. The maximum Gasteiger partial charge on any atom is 0.137 e. The van der Waals surface area contributed by atoms with Crippen LogP contribution >= 0.6 is 27.5 Å². The van der Waals surface area contributed by atoms with Gasteiger partial charge in [-0.15, -0.1) is 0 Å². The molecule has 0 heterocycles. The largest absolute Gasteiger partial charge is 0.384 e. The normalized spacial score (nSPS) is 12.5. The van der Waals surface area contributed by atoms with Crippen molar-refractivity contribution in [2.45, 2.75) is 6.10 Å². The summed E-state index contributed by atoms with van der Waals surface area (Å²) in [5.74, 6) is -1.01. The zero-order valence-electron chi connectivity index (χ0n) is 9.00. The van der Waals surface area contributed by atoms with Crippen LogP contribution < -0.4 is 0 Å². The number of aliphatic hydroxyl groups excluding tert-OH is 1. The van der Waals surface area contributed by atoms with E-state index in [9.17, 15) is 13.9 Å². The standard InChI is InChI=1S/C13H8BrClF2O/c14-10-5-7(1-3-12(10)17)13(18)9-6-8(15)2-4-11(9)16/h1-6,13,18H. The second-order valence-electron chi connectivity index (χ2n) is 3.74. The van der Waals surface area contributed by atoms with Gasteiger partial charge in [0.1, 0.15) is 17.7 Å². The topological polar surface area (TPSA) is 20.2 Å². The van der Waals surface area contributed by atoms with Crippen molar-refractivity contribution in [1.82, 2.24) is 0 Å². The van der Waals surface area contributed by atoms with E-state index in [-0.39, 0.29) is 10.0 Å². The molecule has 0 aliphatic rings. The van der Waals surface area contributed by atoms with Crippen LogP contribution in [0.5, 0.6) is 0 Å². The van der Waals surface area contributed by atoms with Crippen LogP contribution in [-0.4, -0.2) is 5.11 Å². The minimum atomic E-state index is -1.19. The van der Waals surface area contributed by atoms with Crippen molar-refractivity contribution in [3.8, 4) is 0 Å². The molecule has 2 aromatic rings. The highest BCUT2D eigenvalue weighted by Gasteiger charge is 2.16. The lowest BCUT2D eigenvalue weighted by Crippen LogP contribution is -2.03. The summed E-state index contributed by atoms with van der Waals surface area (Å²) in [5.41, 5.74) is 0.436. The van der Waals surface area contributed by atoms with Crippen molar-refractivity contribution in [3.63, 3.8) is 0 Å². The molecule has 0 amide bonds. The molecule has 94 valence electrons. The number of hydrogen-bond acceptors (Lipinski definition) is 1. The maximum absolute atomic E-state index is 13.6. The fourth-order valence-electron chi connectivity index (χ4n) is 1.59. The smallest absolute Gasteiger partial charge is 0.137 e. The summed E-state index contributed by atoms with van der Waals surface area (Å²) in [6, 6.07) is 7.92. The summed E-state index contributed by atoms with van der Waals surface area (Å²) in [7, 11) is 0. The van der Waals surface area contributed by atoms with Gasteiger partial charge in [-0.2, -0.15) is 0 Å². The molecule has 2 aromatic carbocycles. The highest BCUT2D eigenvalue weighted by atomic mass is 79.9. The molecule has 0 spiro atoms. The van der Waals surface area contributed by atoms with Gasteiger partial charge in [-0.3, -0.25) is 0 Å². The number of benzene rings is 2. The van der Waals surface area contributed by atoms with Crippen molar-refractivity contribution in [2.75, 3.05) is 0 Å². The second-order valence-corrected chi connectivity index (χ2v) is 5.03. The van der Waals surface area contributed by atoms with E-state index >= 15 is 0 Å². The van der Waals surface area contributed by atoms with Gasteiger partial charge in [0.2, 0.25) is 0 Å². The Morgan fingerprint density at radius 1 is 1.06 bits per heavy atom. The molecule has 1 unspecified atom stereocenters. The molecule has 0 aliphatic carbocycles. The van der Waals surface area contributed by atoms with Crippen LogP contribution in [0.2, 0.25) is 5.02 Å². The molecule has 0 aromatic heterocycles. The van der Waals surface area contributed by atoms with Crippen molar-refractivity contribution in [3.05, 3.63) is 68.7 Å². The van der Waals surface area contributed by atoms with Crippen LogP contribution in [0.15, 0.2) is 40.9 Å². The fourth-order valence-corrected chi connectivity index (χ4v) is 2.16. The Kier molecular flexibility index (Phi) is 4.00. The van der Waals surface area contributed by atoms with E-state index in [0.717, 1.165) is 0 Å². The van der Waals surface area contributed by atoms with E-state index in [1.54, 1.807) is 0 Å². The van der Waals surface area contributed by atoms with E-state index in [0.29, 0.717) is 10.6 Å². The summed E-state index contributed by atoms with van der Waals surface area (Å²) < 4.78 is 26.9. The SMILES string of the molecule is OC(c1ccc(F)c(Br)c1)c1cc(Cl)ccc1F. The maximum atomic E-state index is 13.6. The monoisotopic (exact) mass is 332 g/mol. The first-order valence-corrected chi connectivity index (χ1v) is 6.24. The molecule has 0 saturated carbocycles. The molecule has 0 radical (unpaired) electrons. The molecule has 1 atom stereocenters. The summed E-state index contributed by atoms with van der Waals surface area (Å²) in [6.45, 7) is 0. The third kappa shape index (κ3) is 2.71. The minimum absolute atomic E-state index is 0.0565. The lowest BCUT2D eigenvalue weighted by molar-refractivity contribution is 0.215. The van der Waals surface area contributed by atoms with Crippen molar-refractivity contribution in [2.24, 2.45) is 0 Å². The first-order valence-electron chi connectivity index (χ1n) is 5.07. The van der Waals surface area contributed by atoms with Crippen molar-refractivity contribution < 1.29 is 13.9 Å². The molecule has 0 fully saturated rings. The minimum Gasteiger partial charge on any atom is -0.384 e. The van der Waals surface area contributed by atoms with E-state index in [4.69, 9.17) is 11.6 Å². The number of rotatable bonds is 2. The highest BCUT2D eigenvalue weighted by molar-refractivity contribution is 9.10. The fraction of sp³-hybridized carbons (Fsp3) is 0.0769. The number of aliphatic hydroxyl groups is 1. The van der Waals surface area contributed by atoms with Crippen LogP contribution in [0, 0.1) is 11.6 Å². The number of hydrogen-bond donors (Lipinski definition) is 1. The summed E-state index contributed by atoms with van der Waals surface area (Å²) in [5, 5.41) is 10.4. The van der Waals surface area contributed by atoms with Crippen LogP contribution in [0.4, 0.5) is 8.78 Å². The summed E-state index contributed by atoms with van der Waals surface area (Å²) in [6.07, 6.45) is -1.19. The van der Waals surface area contributed by atoms with Gasteiger partial charge in [0.25, 0.3) is 0 Å². The van der Waals surface area contributed by atoms with Crippen LogP contribution in [0.1, 0.15) is 17.2 Å². The van der Waals surface area contributed by atoms with Crippen molar-refractivity contribution in [1.29, 1.82) is 0 Å². The Morgan fingerprint density at radius 3 is 2.39 bits per heavy atom. The Labute approximate surface area is 116 Å². The van der Waals surface area contributed by atoms with Gasteiger partial charge in [-0.25, -0.2) is 8.78 Å². The quantitative estimate of drug-likeness (QED) is 0.860. The van der Waals surface area contributed by atoms with Crippen molar-refractivity contribution >= 4 is 27.5 Å². The van der Waals surface area contributed by atoms with E-state index in [2.05, 4.69) is 15.9 Å². The van der Waals surface area contributed by atoms with Gasteiger partial charge in [-0.05, 0) is 51.8 Å². The molecule has 5 heteroatoms. The third-order valence-electron chi connectivity index (χ3n) is 2.51. The highest BCUT2D eigenvalue weighted by Crippen LogP contribution is 2.29. The zero-order chi connectivity index (χ0) is 13.3. The molecule has 0 saturated heterocycles.